The fourth-order valence-electron chi connectivity index (χ4n) is 5.91. The van der Waals surface area contributed by atoms with Gasteiger partial charge in [-0.25, -0.2) is 9.97 Å². The lowest BCUT2D eigenvalue weighted by molar-refractivity contribution is -0.384. The highest BCUT2D eigenvalue weighted by Gasteiger charge is 2.31. The van der Waals surface area contributed by atoms with Crippen molar-refractivity contribution in [2.24, 2.45) is 0 Å². The van der Waals surface area contributed by atoms with Gasteiger partial charge in [0.25, 0.3) is 0 Å². The van der Waals surface area contributed by atoms with E-state index < -0.39 is 0 Å². The van der Waals surface area contributed by atoms with Gasteiger partial charge in [0.05, 0.1) is 85.2 Å². The van der Waals surface area contributed by atoms with Crippen LogP contribution in [-0.2, 0) is 18.9 Å². The van der Waals surface area contributed by atoms with Gasteiger partial charge in [0, 0.05) is 58.4 Å². The van der Waals surface area contributed by atoms with E-state index in [0.29, 0.717) is 51.8 Å². The lowest BCUT2D eigenvalue weighted by atomic mass is 10.1. The molecular formula is C30H46N8O6. The zero-order chi connectivity index (χ0) is 31.3. The topological polar surface area (TPSA) is 145 Å². The van der Waals surface area contributed by atoms with Crippen molar-refractivity contribution in [3.63, 3.8) is 0 Å². The normalized spacial score (nSPS) is 21.8. The molecule has 0 atom stereocenters. The molecular weight excluding hydrogens is 568 g/mol. The molecule has 2 aromatic heterocycles. The fourth-order valence-corrected chi connectivity index (χ4v) is 5.91. The van der Waals surface area contributed by atoms with Crippen LogP contribution in [0.3, 0.4) is 0 Å². The molecule has 14 nitrogen and oxygen atoms in total. The number of nitrogens with zero attached hydrogens (tertiary/aromatic N) is 7. The first kappa shape index (κ1) is 31.9. The zero-order valence-electron chi connectivity index (χ0n) is 26.4. The molecule has 0 aliphatic carbocycles. The van der Waals surface area contributed by atoms with Gasteiger partial charge >= 0.3 is 5.69 Å². The third-order valence-electron chi connectivity index (χ3n) is 8.11. The highest BCUT2D eigenvalue weighted by Crippen LogP contribution is 2.32. The number of aromatic nitrogens is 2. The summed E-state index contributed by atoms with van der Waals surface area (Å²) in [6, 6.07) is 3.65. The highest BCUT2D eigenvalue weighted by atomic mass is 16.6. The lowest BCUT2D eigenvalue weighted by Crippen LogP contribution is -2.48. The Kier molecular flexibility index (Phi) is 9.93. The van der Waals surface area contributed by atoms with Gasteiger partial charge < -0.3 is 44.3 Å². The van der Waals surface area contributed by atoms with Crippen LogP contribution in [0.5, 0.6) is 0 Å². The van der Waals surface area contributed by atoms with Crippen molar-refractivity contribution in [2.45, 2.75) is 38.9 Å². The molecule has 0 amide bonds. The van der Waals surface area contributed by atoms with Crippen LogP contribution in [0.25, 0.3) is 0 Å². The van der Waals surface area contributed by atoms with Gasteiger partial charge in [0.2, 0.25) is 5.82 Å². The predicted octanol–water partition coefficient (Wildman–Crippen LogP) is 2.56. The standard InChI is InChI=1S/C15H22N4O4.C15H24N4O2/c1-15(2)11-18(5-8-23-15)12-9-13(19(20)21)14(16-10-12)17-3-6-22-7-4-17;1-15(2)11-19(5-8-21-15)12-9-13(16)14(17-10-12)18-3-6-20-7-4-18/h9-10H,3-8,11H2,1-2H3;9-10H,3-8,11,16H2,1-2H3. The van der Waals surface area contributed by atoms with Gasteiger partial charge in [-0.1, -0.05) is 0 Å². The van der Waals surface area contributed by atoms with E-state index in [1.54, 1.807) is 12.3 Å². The Balaban J connectivity index is 0.000000175. The minimum atomic E-state index is -0.354. The largest absolute Gasteiger partial charge is 0.396 e. The van der Waals surface area contributed by atoms with E-state index in [1.165, 1.54) is 0 Å². The Morgan fingerprint density at radius 2 is 1.14 bits per heavy atom. The number of anilines is 5. The molecule has 4 aliphatic heterocycles. The van der Waals surface area contributed by atoms with Crippen molar-refractivity contribution < 1.29 is 23.9 Å². The van der Waals surface area contributed by atoms with E-state index in [0.717, 1.165) is 68.9 Å². The molecule has 2 aromatic rings. The third-order valence-corrected chi connectivity index (χ3v) is 8.11. The highest BCUT2D eigenvalue weighted by molar-refractivity contribution is 5.69. The fraction of sp³-hybridized carbons (Fsp3) is 0.667. The second-order valence-corrected chi connectivity index (χ2v) is 12.7. The SMILES string of the molecule is CC1(C)CN(c2cnc(N3CCOCC3)c(N)c2)CCO1.CC1(C)CN(c2cnc(N3CCOCC3)c([N+](=O)[O-])c2)CCO1. The molecule has 4 aliphatic rings. The smallest absolute Gasteiger partial charge is 0.313 e. The van der Waals surface area contributed by atoms with Crippen molar-refractivity contribution in [3.8, 4) is 0 Å². The van der Waals surface area contributed by atoms with Crippen molar-refractivity contribution in [3.05, 3.63) is 34.6 Å². The van der Waals surface area contributed by atoms with Gasteiger partial charge in [-0.3, -0.25) is 10.1 Å². The van der Waals surface area contributed by atoms with Crippen LogP contribution in [-0.4, -0.2) is 118 Å². The van der Waals surface area contributed by atoms with Crippen LogP contribution in [0.4, 0.5) is 34.4 Å². The number of hydrogen-bond donors (Lipinski definition) is 1. The molecule has 44 heavy (non-hydrogen) atoms. The molecule has 4 saturated heterocycles. The number of hydrogen-bond acceptors (Lipinski definition) is 13. The lowest BCUT2D eigenvalue weighted by Gasteiger charge is -2.39. The Morgan fingerprint density at radius 1 is 0.705 bits per heavy atom. The Hall–Kier alpha value is -3.46. The van der Waals surface area contributed by atoms with Crippen molar-refractivity contribution >= 4 is 34.4 Å². The number of nitrogens with two attached hydrogens (primary N) is 1. The summed E-state index contributed by atoms with van der Waals surface area (Å²) in [5, 5.41) is 11.5. The third kappa shape index (κ3) is 7.97. The summed E-state index contributed by atoms with van der Waals surface area (Å²) >= 11 is 0. The van der Waals surface area contributed by atoms with Crippen LogP contribution in [0, 0.1) is 10.1 Å². The summed E-state index contributed by atoms with van der Waals surface area (Å²) in [7, 11) is 0. The Morgan fingerprint density at radius 3 is 1.59 bits per heavy atom. The summed E-state index contributed by atoms with van der Waals surface area (Å²) < 4.78 is 22.1. The number of nitro groups is 1. The second kappa shape index (κ2) is 13.7. The summed E-state index contributed by atoms with van der Waals surface area (Å²) in [6.45, 7) is 18.3. The van der Waals surface area contributed by atoms with Crippen LogP contribution in [0.1, 0.15) is 27.7 Å². The molecule has 6 rings (SSSR count). The summed E-state index contributed by atoms with van der Waals surface area (Å²) in [5.74, 6) is 1.30. The minimum Gasteiger partial charge on any atom is -0.396 e. The number of pyridine rings is 2. The monoisotopic (exact) mass is 614 g/mol. The molecule has 0 unspecified atom stereocenters. The van der Waals surface area contributed by atoms with Crippen LogP contribution >= 0.6 is 0 Å². The molecule has 4 fully saturated rings. The zero-order valence-corrected chi connectivity index (χ0v) is 26.4. The van der Waals surface area contributed by atoms with Crippen molar-refractivity contribution in [1.82, 2.24) is 9.97 Å². The number of ether oxygens (including phenoxy) is 4. The molecule has 14 heteroatoms. The van der Waals surface area contributed by atoms with E-state index in [-0.39, 0.29) is 21.8 Å². The van der Waals surface area contributed by atoms with Gasteiger partial charge in [-0.15, -0.1) is 0 Å². The van der Waals surface area contributed by atoms with Crippen LogP contribution in [0.2, 0.25) is 0 Å². The van der Waals surface area contributed by atoms with Gasteiger partial charge in [-0.2, -0.15) is 0 Å². The van der Waals surface area contributed by atoms with Crippen LogP contribution < -0.4 is 25.3 Å². The van der Waals surface area contributed by atoms with Gasteiger partial charge in [0.15, 0.2) is 5.82 Å². The van der Waals surface area contributed by atoms with E-state index in [9.17, 15) is 10.1 Å². The molecule has 0 saturated carbocycles. The van der Waals surface area contributed by atoms with Gasteiger partial charge in [-0.05, 0) is 33.8 Å². The maximum atomic E-state index is 11.5. The molecule has 0 radical (unpaired) electrons. The van der Waals surface area contributed by atoms with Crippen molar-refractivity contribution in [1.29, 1.82) is 0 Å². The molecule has 2 N–H and O–H groups in total. The number of morpholine rings is 4. The number of rotatable bonds is 5. The van der Waals surface area contributed by atoms with Crippen molar-refractivity contribution in [2.75, 3.05) is 117 Å². The average molecular weight is 615 g/mol. The first-order valence-corrected chi connectivity index (χ1v) is 15.3. The van der Waals surface area contributed by atoms with Gasteiger partial charge in [0.1, 0.15) is 0 Å². The maximum Gasteiger partial charge on any atom is 0.313 e. The first-order valence-electron chi connectivity index (χ1n) is 15.3. The summed E-state index contributed by atoms with van der Waals surface area (Å²) in [6.07, 6.45) is 3.64. The minimum absolute atomic E-state index is 0.0497. The van der Waals surface area contributed by atoms with Crippen LogP contribution in [0.15, 0.2) is 24.5 Å². The molecule has 0 bridgehead atoms. The maximum absolute atomic E-state index is 11.5. The molecule has 0 aromatic carbocycles. The average Bonchev–Trinajstić information content (AvgIpc) is 3.01. The van der Waals surface area contributed by atoms with E-state index in [2.05, 4.69) is 38.5 Å². The Bertz CT molecular complexity index is 1280. The van der Waals surface area contributed by atoms with E-state index >= 15 is 0 Å². The second-order valence-electron chi connectivity index (χ2n) is 12.7. The molecule has 242 valence electrons. The Labute approximate surface area is 259 Å². The predicted molar refractivity (Wildman–Crippen MR) is 170 cm³/mol. The number of nitrogen functional groups attached to an aromatic ring is 1. The summed E-state index contributed by atoms with van der Waals surface area (Å²) in [5.41, 5.74) is 8.45. The quantitative estimate of drug-likeness (QED) is 0.389. The van der Waals surface area contributed by atoms with E-state index in [4.69, 9.17) is 24.7 Å². The molecule has 6 heterocycles. The first-order chi connectivity index (χ1) is 21.0. The molecule has 0 spiro atoms. The summed E-state index contributed by atoms with van der Waals surface area (Å²) in [4.78, 5) is 28.6. The van der Waals surface area contributed by atoms with E-state index in [1.807, 2.05) is 31.0 Å².